The highest BCUT2D eigenvalue weighted by molar-refractivity contribution is 9.10. The number of benzene rings is 2. The Balaban J connectivity index is 1.45. The second kappa shape index (κ2) is 9.27. The highest BCUT2D eigenvalue weighted by atomic mass is 79.9. The molecule has 0 unspecified atom stereocenters. The molecule has 4 aromatic rings. The van der Waals surface area contributed by atoms with Crippen LogP contribution in [0, 0.1) is 5.92 Å². The smallest absolute Gasteiger partial charge is 0.267 e. The lowest BCUT2D eigenvalue weighted by molar-refractivity contribution is 0.176. The van der Waals surface area contributed by atoms with E-state index in [4.69, 9.17) is 14.5 Å². The van der Waals surface area contributed by atoms with E-state index in [0.717, 1.165) is 28.7 Å². The summed E-state index contributed by atoms with van der Waals surface area (Å²) in [7, 11) is 1.62. The first kappa shape index (κ1) is 22.1. The van der Waals surface area contributed by atoms with E-state index in [1.807, 2.05) is 24.3 Å². The summed E-state index contributed by atoms with van der Waals surface area (Å²) in [4.78, 5) is 24.8. The Morgan fingerprint density at radius 1 is 1.09 bits per heavy atom. The van der Waals surface area contributed by atoms with Crippen molar-refractivity contribution >= 4 is 43.4 Å². The van der Waals surface area contributed by atoms with Crippen molar-refractivity contribution in [3.05, 3.63) is 51.5 Å². The van der Waals surface area contributed by atoms with Crippen LogP contribution in [0.25, 0.3) is 27.5 Å². The molecule has 0 saturated carbocycles. The van der Waals surface area contributed by atoms with Crippen LogP contribution in [-0.4, -0.2) is 52.6 Å². The van der Waals surface area contributed by atoms with E-state index in [2.05, 4.69) is 32.7 Å². The van der Waals surface area contributed by atoms with Gasteiger partial charge >= 0.3 is 0 Å². The van der Waals surface area contributed by atoms with Gasteiger partial charge in [0.25, 0.3) is 5.56 Å². The molecule has 33 heavy (non-hydrogen) atoms. The van der Waals surface area contributed by atoms with Gasteiger partial charge in [0, 0.05) is 22.5 Å². The Bertz CT molecular complexity index is 1380. The molecular weight excluding hydrogens is 484 g/mol. The van der Waals surface area contributed by atoms with E-state index in [1.54, 1.807) is 13.2 Å². The lowest BCUT2D eigenvalue weighted by Crippen LogP contribution is -2.34. The van der Waals surface area contributed by atoms with E-state index in [1.165, 1.54) is 36.7 Å². The first-order valence-electron chi connectivity index (χ1n) is 11.4. The van der Waals surface area contributed by atoms with Crippen LogP contribution in [0.3, 0.4) is 0 Å². The summed E-state index contributed by atoms with van der Waals surface area (Å²) in [5.41, 5.74) is 1.74. The number of piperidine rings is 1. The van der Waals surface area contributed by atoms with Crippen LogP contribution in [0.1, 0.15) is 26.2 Å². The molecule has 8 heteroatoms. The molecule has 1 aliphatic heterocycles. The molecule has 1 saturated heterocycles. The number of likely N-dealkylation sites (tertiary alicyclic amines) is 1. The van der Waals surface area contributed by atoms with Crippen molar-refractivity contribution < 1.29 is 9.47 Å². The molecule has 5 rings (SSSR count). The number of hydrogen-bond acceptors (Lipinski definition) is 6. The van der Waals surface area contributed by atoms with Crippen LogP contribution in [-0.2, 0) is 0 Å². The third-order valence-electron chi connectivity index (χ3n) is 6.45. The first-order chi connectivity index (χ1) is 16.0. The van der Waals surface area contributed by atoms with Gasteiger partial charge in [-0.1, -0.05) is 22.9 Å². The van der Waals surface area contributed by atoms with Gasteiger partial charge in [-0.3, -0.25) is 4.79 Å². The summed E-state index contributed by atoms with van der Waals surface area (Å²) in [5.74, 6) is 2.10. The average Bonchev–Trinajstić information content (AvgIpc) is 2.83. The predicted molar refractivity (Wildman–Crippen MR) is 133 cm³/mol. The van der Waals surface area contributed by atoms with Crippen molar-refractivity contribution in [2.24, 2.45) is 5.92 Å². The van der Waals surface area contributed by atoms with Crippen molar-refractivity contribution in [1.82, 2.24) is 19.3 Å². The second-order valence-electron chi connectivity index (χ2n) is 8.76. The fraction of sp³-hybridized carbons (Fsp3) is 0.400. The molecule has 2 aromatic carbocycles. The van der Waals surface area contributed by atoms with Gasteiger partial charge in [-0.15, -0.1) is 0 Å². The minimum atomic E-state index is -0.153. The molecule has 0 N–H and O–H groups in total. The number of methoxy groups -OCH3 is 1. The molecule has 2 aromatic heterocycles. The normalized spacial score (nSPS) is 15.5. The maximum atomic E-state index is 13.1. The Labute approximate surface area is 200 Å². The van der Waals surface area contributed by atoms with Crippen molar-refractivity contribution in [3.8, 4) is 11.5 Å². The molecule has 0 aliphatic carbocycles. The summed E-state index contributed by atoms with van der Waals surface area (Å²) in [6.07, 6.45) is 5.02. The third kappa shape index (κ3) is 4.42. The fourth-order valence-electron chi connectivity index (χ4n) is 4.45. The Morgan fingerprint density at radius 3 is 2.70 bits per heavy atom. The first-order valence-corrected chi connectivity index (χ1v) is 12.2. The van der Waals surface area contributed by atoms with Crippen LogP contribution < -0.4 is 15.0 Å². The minimum absolute atomic E-state index is 0.153. The molecule has 0 radical (unpaired) electrons. The van der Waals surface area contributed by atoms with Crippen LogP contribution in [0.4, 0.5) is 0 Å². The zero-order valence-corrected chi connectivity index (χ0v) is 20.5. The monoisotopic (exact) mass is 510 g/mol. The number of halogens is 1. The summed E-state index contributed by atoms with van der Waals surface area (Å²) >= 11 is 3.43. The number of hydrogen-bond donors (Lipinski definition) is 0. The summed E-state index contributed by atoms with van der Waals surface area (Å²) in [6, 6.07) is 9.24. The standard InChI is InChI=1S/C25H27BrN4O3/c1-16-6-9-29(10-7-16)8-3-11-33-23-13-18-21(14-22(23)32-2)27-15-30-24(18)28-20-5-4-17(26)12-19(20)25(30)31/h4-5,12-16H,3,6-11H2,1-2H3. The van der Waals surface area contributed by atoms with Gasteiger partial charge in [-0.05, 0) is 62.5 Å². The summed E-state index contributed by atoms with van der Waals surface area (Å²) < 4.78 is 14.0. The maximum Gasteiger partial charge on any atom is 0.267 e. The van der Waals surface area contributed by atoms with Crippen molar-refractivity contribution in [2.45, 2.75) is 26.2 Å². The third-order valence-corrected chi connectivity index (χ3v) is 6.94. The van der Waals surface area contributed by atoms with Gasteiger partial charge < -0.3 is 14.4 Å². The number of rotatable bonds is 6. The summed E-state index contributed by atoms with van der Waals surface area (Å²) in [5, 5.41) is 1.29. The van der Waals surface area contributed by atoms with Crippen LogP contribution >= 0.6 is 15.9 Å². The molecule has 1 fully saturated rings. The fourth-order valence-corrected chi connectivity index (χ4v) is 4.81. The van der Waals surface area contributed by atoms with Crippen LogP contribution in [0.5, 0.6) is 11.5 Å². The van der Waals surface area contributed by atoms with E-state index in [0.29, 0.717) is 40.2 Å². The van der Waals surface area contributed by atoms with E-state index in [-0.39, 0.29) is 5.56 Å². The molecule has 7 nitrogen and oxygen atoms in total. The number of fused-ring (bicyclic) bond motifs is 4. The van der Waals surface area contributed by atoms with E-state index < -0.39 is 0 Å². The molecule has 172 valence electrons. The zero-order chi connectivity index (χ0) is 22.9. The van der Waals surface area contributed by atoms with Crippen molar-refractivity contribution in [1.29, 1.82) is 0 Å². The lowest BCUT2D eigenvalue weighted by Gasteiger charge is -2.30. The number of aromatic nitrogens is 3. The van der Waals surface area contributed by atoms with E-state index >= 15 is 0 Å². The lowest BCUT2D eigenvalue weighted by atomic mass is 9.99. The Kier molecular flexibility index (Phi) is 6.21. The quantitative estimate of drug-likeness (QED) is 0.213. The van der Waals surface area contributed by atoms with Crippen LogP contribution in [0.15, 0.2) is 45.9 Å². The molecule has 0 amide bonds. The Hall–Kier alpha value is -2.71. The SMILES string of the molecule is COc1cc2ncn3c(=O)c4cc(Br)ccc4nc3c2cc1OCCCN1CCC(C)CC1. The van der Waals surface area contributed by atoms with Gasteiger partial charge in [-0.2, -0.15) is 0 Å². The highest BCUT2D eigenvalue weighted by Gasteiger charge is 2.16. The zero-order valence-electron chi connectivity index (χ0n) is 18.9. The van der Waals surface area contributed by atoms with Crippen molar-refractivity contribution in [2.75, 3.05) is 33.4 Å². The number of nitrogens with zero attached hydrogens (tertiary/aromatic N) is 4. The molecule has 0 atom stereocenters. The maximum absolute atomic E-state index is 13.1. The molecule has 1 aliphatic rings. The Morgan fingerprint density at radius 2 is 1.91 bits per heavy atom. The highest BCUT2D eigenvalue weighted by Crippen LogP contribution is 2.33. The van der Waals surface area contributed by atoms with Gasteiger partial charge in [0.15, 0.2) is 17.1 Å². The minimum Gasteiger partial charge on any atom is -0.493 e. The van der Waals surface area contributed by atoms with E-state index in [9.17, 15) is 4.79 Å². The van der Waals surface area contributed by atoms with Crippen LogP contribution in [0.2, 0.25) is 0 Å². The molecule has 0 spiro atoms. The predicted octanol–water partition coefficient (Wildman–Crippen LogP) is 4.67. The molecular formula is C25H27BrN4O3. The molecule has 3 heterocycles. The second-order valence-corrected chi connectivity index (χ2v) is 9.68. The largest absolute Gasteiger partial charge is 0.493 e. The number of ether oxygens (including phenoxy) is 2. The van der Waals surface area contributed by atoms with Crippen molar-refractivity contribution in [3.63, 3.8) is 0 Å². The summed E-state index contributed by atoms with van der Waals surface area (Å²) in [6.45, 7) is 6.30. The topological polar surface area (TPSA) is 69.0 Å². The van der Waals surface area contributed by atoms with Gasteiger partial charge in [0.1, 0.15) is 6.33 Å². The van der Waals surface area contributed by atoms with Gasteiger partial charge in [0.05, 0.1) is 30.1 Å². The van der Waals surface area contributed by atoms with Gasteiger partial charge in [-0.25, -0.2) is 14.4 Å². The average molecular weight is 511 g/mol. The van der Waals surface area contributed by atoms with Gasteiger partial charge in [0.2, 0.25) is 0 Å². The molecule has 0 bridgehead atoms.